The molecular formula is C30H30N3O3+. The number of anilines is 1. The largest absolute Gasteiger partial charge is 0.439 e. The molecule has 2 N–H and O–H groups in total. The molecule has 1 aliphatic heterocycles. The lowest BCUT2D eigenvalue weighted by atomic mass is 9.72. The number of hydrogen-bond donors (Lipinski definition) is 1. The average molecular weight is 481 g/mol. The summed E-state index contributed by atoms with van der Waals surface area (Å²) >= 11 is 0. The van der Waals surface area contributed by atoms with Crippen molar-refractivity contribution in [3.8, 4) is 5.75 Å². The minimum Gasteiger partial charge on any atom is -0.439 e. The third kappa shape index (κ3) is 4.32. The Hall–Kier alpha value is -4.16. The van der Waals surface area contributed by atoms with Crippen LogP contribution in [0.2, 0.25) is 0 Å². The standard InChI is InChI=1S/C30H29N3O3/c1-30(20-21-12-15-23(16-13-21)33(34)35,19-18-28-32(3)26-10-6-7-11-27(26)36-28)29-24-9-5-4-8-22(24)14-17-25(29)31-2/h4-18,31H,19-20H2,1-3H3/p+1/b28-18-. The van der Waals surface area contributed by atoms with Crippen molar-refractivity contribution in [1.29, 1.82) is 0 Å². The van der Waals surface area contributed by atoms with Gasteiger partial charge in [0.2, 0.25) is 0 Å². The molecule has 1 aliphatic rings. The smallest absolute Gasteiger partial charge is 0.269 e. The number of quaternary nitrogens is 1. The lowest BCUT2D eigenvalue weighted by molar-refractivity contribution is -0.540. The molecule has 0 aromatic heterocycles. The first-order valence-electron chi connectivity index (χ1n) is 12.2. The van der Waals surface area contributed by atoms with Gasteiger partial charge in [-0.3, -0.25) is 10.1 Å². The van der Waals surface area contributed by atoms with Gasteiger partial charge in [-0.2, -0.15) is 0 Å². The molecule has 0 aliphatic carbocycles. The van der Waals surface area contributed by atoms with E-state index in [2.05, 4.69) is 72.7 Å². The highest BCUT2D eigenvalue weighted by molar-refractivity contribution is 5.90. The molecule has 0 bridgehead atoms. The van der Waals surface area contributed by atoms with Crippen LogP contribution in [-0.4, -0.2) is 19.0 Å². The molecule has 0 saturated carbocycles. The second-order valence-corrected chi connectivity index (χ2v) is 9.58. The van der Waals surface area contributed by atoms with Gasteiger partial charge in [-0.25, -0.2) is 0 Å². The van der Waals surface area contributed by atoms with Crippen molar-refractivity contribution in [2.24, 2.45) is 0 Å². The van der Waals surface area contributed by atoms with Crippen molar-refractivity contribution in [2.45, 2.75) is 25.2 Å². The SMILES string of the molecule is C[NH2+]c1ccc2ccccc2c1C(C)(C/C=C1\Oc2ccccc2N1C)Cc1ccc([N+](=O)[O-])cc1. The number of nitrogens with two attached hydrogens (primary N) is 1. The predicted octanol–water partition coefficient (Wildman–Crippen LogP) is 5.83. The van der Waals surface area contributed by atoms with Crippen LogP contribution in [0.3, 0.4) is 0 Å². The number of fused-ring (bicyclic) bond motifs is 2. The van der Waals surface area contributed by atoms with E-state index in [0.29, 0.717) is 0 Å². The molecule has 36 heavy (non-hydrogen) atoms. The van der Waals surface area contributed by atoms with E-state index in [4.69, 9.17) is 4.74 Å². The number of ether oxygens (including phenoxy) is 1. The van der Waals surface area contributed by atoms with Crippen LogP contribution < -0.4 is 15.0 Å². The molecule has 182 valence electrons. The molecule has 5 rings (SSSR count). The van der Waals surface area contributed by atoms with Gasteiger partial charge in [-0.1, -0.05) is 55.5 Å². The summed E-state index contributed by atoms with van der Waals surface area (Å²) in [4.78, 5) is 12.9. The highest BCUT2D eigenvalue weighted by atomic mass is 16.6. The number of para-hydroxylation sites is 2. The Morgan fingerprint density at radius 1 is 1.00 bits per heavy atom. The van der Waals surface area contributed by atoms with E-state index in [1.807, 2.05) is 37.4 Å². The third-order valence-corrected chi connectivity index (χ3v) is 7.12. The Kier molecular flexibility index (Phi) is 6.20. The van der Waals surface area contributed by atoms with Crippen LogP contribution in [0.5, 0.6) is 5.75 Å². The van der Waals surface area contributed by atoms with Crippen molar-refractivity contribution < 1.29 is 15.0 Å². The van der Waals surface area contributed by atoms with Crippen LogP contribution in [0.4, 0.5) is 17.1 Å². The van der Waals surface area contributed by atoms with Gasteiger partial charge in [0.25, 0.3) is 5.69 Å². The summed E-state index contributed by atoms with van der Waals surface area (Å²) in [5.74, 6) is 1.67. The molecule has 0 amide bonds. The second kappa shape index (κ2) is 9.47. The third-order valence-electron chi connectivity index (χ3n) is 7.12. The van der Waals surface area contributed by atoms with Crippen LogP contribution in [0.1, 0.15) is 24.5 Å². The lowest BCUT2D eigenvalue weighted by Crippen LogP contribution is -2.73. The Bertz CT molecular complexity index is 1460. The van der Waals surface area contributed by atoms with E-state index >= 15 is 0 Å². The molecular weight excluding hydrogens is 450 g/mol. The van der Waals surface area contributed by atoms with Crippen molar-refractivity contribution in [1.82, 2.24) is 0 Å². The summed E-state index contributed by atoms with van der Waals surface area (Å²) < 4.78 is 6.19. The zero-order chi connectivity index (χ0) is 25.3. The maximum atomic E-state index is 11.2. The summed E-state index contributed by atoms with van der Waals surface area (Å²) in [7, 11) is 4.09. The predicted molar refractivity (Wildman–Crippen MR) is 144 cm³/mol. The molecule has 0 radical (unpaired) electrons. The van der Waals surface area contributed by atoms with Gasteiger partial charge >= 0.3 is 0 Å². The fraction of sp³-hybridized carbons (Fsp3) is 0.200. The zero-order valence-corrected chi connectivity index (χ0v) is 20.8. The number of rotatable bonds is 7. The molecule has 1 unspecified atom stereocenters. The van der Waals surface area contributed by atoms with Crippen molar-refractivity contribution in [3.05, 3.63) is 118 Å². The van der Waals surface area contributed by atoms with E-state index in [1.165, 1.54) is 22.0 Å². The number of hydrogen-bond acceptors (Lipinski definition) is 4. The summed E-state index contributed by atoms with van der Waals surface area (Å²) in [6.45, 7) is 2.28. The molecule has 1 heterocycles. The molecule has 1 atom stereocenters. The first kappa shape index (κ1) is 23.6. The van der Waals surface area contributed by atoms with E-state index in [-0.39, 0.29) is 16.0 Å². The second-order valence-electron chi connectivity index (χ2n) is 9.58. The zero-order valence-electron chi connectivity index (χ0n) is 20.8. The van der Waals surface area contributed by atoms with Gasteiger partial charge in [-0.15, -0.1) is 0 Å². The Labute approximate surface area is 211 Å². The Balaban J connectivity index is 1.60. The average Bonchev–Trinajstić information content (AvgIpc) is 3.22. The minimum atomic E-state index is -0.354. The number of benzene rings is 4. The number of nitro groups is 1. The highest BCUT2D eigenvalue weighted by Gasteiger charge is 2.33. The summed E-state index contributed by atoms with van der Waals surface area (Å²) in [6, 6.07) is 27.8. The fourth-order valence-electron chi connectivity index (χ4n) is 5.26. The highest BCUT2D eigenvalue weighted by Crippen LogP contribution is 2.42. The topological polar surface area (TPSA) is 72.2 Å². The van der Waals surface area contributed by atoms with Gasteiger partial charge in [0, 0.05) is 30.2 Å². The van der Waals surface area contributed by atoms with Crippen LogP contribution in [-0.2, 0) is 11.8 Å². The molecule has 0 fully saturated rings. The monoisotopic (exact) mass is 480 g/mol. The van der Waals surface area contributed by atoms with Crippen molar-refractivity contribution in [3.63, 3.8) is 0 Å². The van der Waals surface area contributed by atoms with Crippen LogP contribution >= 0.6 is 0 Å². The molecule has 0 saturated heterocycles. The molecule has 6 nitrogen and oxygen atoms in total. The maximum absolute atomic E-state index is 11.2. The van der Waals surface area contributed by atoms with E-state index < -0.39 is 0 Å². The number of non-ortho nitro benzene ring substituents is 1. The maximum Gasteiger partial charge on any atom is 0.269 e. The normalized spacial score (nSPS) is 15.5. The Morgan fingerprint density at radius 2 is 1.72 bits per heavy atom. The van der Waals surface area contributed by atoms with Crippen LogP contribution in [0, 0.1) is 10.1 Å². The van der Waals surface area contributed by atoms with E-state index in [0.717, 1.165) is 35.7 Å². The molecule has 0 spiro atoms. The molecule has 4 aromatic rings. The summed E-state index contributed by atoms with van der Waals surface area (Å²) in [6.07, 6.45) is 3.62. The molecule has 4 aromatic carbocycles. The van der Waals surface area contributed by atoms with E-state index in [9.17, 15) is 10.1 Å². The number of allylic oxidation sites excluding steroid dienone is 1. The van der Waals surface area contributed by atoms with Gasteiger partial charge in [-0.05, 0) is 59.5 Å². The van der Waals surface area contributed by atoms with Crippen molar-refractivity contribution >= 4 is 27.8 Å². The minimum absolute atomic E-state index is 0.106. The first-order valence-corrected chi connectivity index (χ1v) is 12.2. The number of nitro benzene ring substituents is 1. The van der Waals surface area contributed by atoms with Crippen LogP contribution in [0.15, 0.2) is 96.9 Å². The summed E-state index contributed by atoms with van der Waals surface area (Å²) in [5, 5.41) is 15.8. The summed E-state index contributed by atoms with van der Waals surface area (Å²) in [5.41, 5.74) is 4.38. The van der Waals surface area contributed by atoms with Crippen molar-refractivity contribution in [2.75, 3.05) is 19.0 Å². The van der Waals surface area contributed by atoms with Gasteiger partial charge in [0.1, 0.15) is 5.69 Å². The Morgan fingerprint density at radius 3 is 2.44 bits per heavy atom. The van der Waals surface area contributed by atoms with Gasteiger partial charge < -0.3 is 15.0 Å². The molecule has 6 heteroatoms. The quantitative estimate of drug-likeness (QED) is 0.205. The van der Waals surface area contributed by atoms with Crippen LogP contribution in [0.25, 0.3) is 10.8 Å². The van der Waals surface area contributed by atoms with E-state index in [1.54, 1.807) is 12.1 Å². The van der Waals surface area contributed by atoms with Gasteiger partial charge in [0.05, 0.1) is 17.7 Å². The first-order chi connectivity index (χ1) is 17.4. The number of nitrogens with zero attached hydrogens (tertiary/aromatic N) is 2. The fourth-order valence-corrected chi connectivity index (χ4v) is 5.26. The lowest BCUT2D eigenvalue weighted by Gasteiger charge is -2.32. The van der Waals surface area contributed by atoms with Gasteiger partial charge in [0.15, 0.2) is 11.6 Å².